The van der Waals surface area contributed by atoms with Crippen molar-refractivity contribution in [3.8, 4) is 39.1 Å². The van der Waals surface area contributed by atoms with E-state index >= 15 is 0 Å². The minimum absolute atomic E-state index is 0.359. The van der Waals surface area contributed by atoms with Gasteiger partial charge in [0.05, 0.1) is 11.0 Å². The number of para-hydroxylation sites is 3. The van der Waals surface area contributed by atoms with Crippen LogP contribution < -0.4 is 4.90 Å². The van der Waals surface area contributed by atoms with E-state index in [2.05, 4.69) is 240 Å². The van der Waals surface area contributed by atoms with Gasteiger partial charge in [0.2, 0.25) is 0 Å². The first-order valence-corrected chi connectivity index (χ1v) is 22.5. The molecule has 0 atom stereocenters. The molecule has 0 unspecified atom stereocenters. The van der Waals surface area contributed by atoms with Gasteiger partial charge in [-0.2, -0.15) is 0 Å². The van der Waals surface area contributed by atoms with Crippen LogP contribution in [0.25, 0.3) is 90.9 Å². The number of benzene rings is 10. The Kier molecular flexibility index (Phi) is 8.55. The van der Waals surface area contributed by atoms with Crippen LogP contribution in [0.15, 0.2) is 231 Å². The summed E-state index contributed by atoms with van der Waals surface area (Å²) in [6.45, 7) is 0. The summed E-state index contributed by atoms with van der Waals surface area (Å²) in [6, 6.07) is 84.6. The third-order valence-corrected chi connectivity index (χ3v) is 14.6. The zero-order chi connectivity index (χ0) is 40.3. The summed E-state index contributed by atoms with van der Waals surface area (Å²) >= 11 is 0.359. The summed E-state index contributed by atoms with van der Waals surface area (Å²) in [5.41, 5.74) is 14.2. The third-order valence-electron chi connectivity index (χ3n) is 12.2. The molecule has 0 bridgehead atoms. The molecule has 2 aromatic heterocycles. The Morgan fingerprint density at radius 1 is 0.328 bits per heavy atom. The zero-order valence-corrected chi connectivity index (χ0v) is 35.0. The van der Waals surface area contributed by atoms with E-state index in [1.807, 2.05) is 0 Å². The van der Waals surface area contributed by atoms with E-state index in [0.29, 0.717) is 14.5 Å². The molecule has 10 aromatic carbocycles. The van der Waals surface area contributed by atoms with Gasteiger partial charge in [0.25, 0.3) is 0 Å². The van der Waals surface area contributed by atoms with Crippen molar-refractivity contribution in [2.24, 2.45) is 0 Å². The van der Waals surface area contributed by atoms with Crippen molar-refractivity contribution in [1.82, 2.24) is 4.57 Å². The van der Waals surface area contributed by atoms with Crippen molar-refractivity contribution < 1.29 is 0 Å². The Labute approximate surface area is 360 Å². The molecule has 0 aliphatic rings. The van der Waals surface area contributed by atoms with Crippen LogP contribution in [0.3, 0.4) is 0 Å². The summed E-state index contributed by atoms with van der Waals surface area (Å²) in [6.07, 6.45) is 0. The Hall–Kier alpha value is -7.42. The van der Waals surface area contributed by atoms with Crippen LogP contribution in [0, 0.1) is 0 Å². The van der Waals surface area contributed by atoms with E-state index in [-0.39, 0.29) is 0 Å². The van der Waals surface area contributed by atoms with Crippen LogP contribution in [-0.2, 0) is 0 Å². The van der Waals surface area contributed by atoms with Gasteiger partial charge in [-0.25, -0.2) is 0 Å². The predicted molar refractivity (Wildman–Crippen MR) is 261 cm³/mol. The van der Waals surface area contributed by atoms with E-state index in [1.54, 1.807) is 0 Å². The number of anilines is 3. The first-order valence-electron chi connectivity index (χ1n) is 20.8. The molecule has 12 aromatic rings. The molecule has 0 radical (unpaired) electrons. The average molecular weight is 842 g/mol. The third kappa shape index (κ3) is 6.09. The maximum atomic E-state index is 2.42. The van der Waals surface area contributed by atoms with E-state index in [0.717, 1.165) is 17.1 Å². The van der Waals surface area contributed by atoms with E-state index in [1.165, 1.54) is 90.9 Å². The number of hydrogen-bond donors (Lipinski definition) is 0. The number of fused-ring (bicyclic) bond motifs is 7. The van der Waals surface area contributed by atoms with Crippen molar-refractivity contribution in [1.29, 1.82) is 0 Å². The minimum Gasteiger partial charge on any atom is -0.0602 e. The first-order chi connectivity index (χ1) is 30.2. The quantitative estimate of drug-likeness (QED) is 0.145. The topological polar surface area (TPSA) is 8.17 Å². The van der Waals surface area contributed by atoms with Crippen LogP contribution in [-0.4, -0.2) is 19.1 Å². The molecule has 0 fully saturated rings. The van der Waals surface area contributed by atoms with Crippen LogP contribution in [0.2, 0.25) is 0 Å². The van der Waals surface area contributed by atoms with Crippen LogP contribution in [0.4, 0.5) is 17.1 Å². The smallest absolute Gasteiger partial charge is 0.0602 e. The second-order valence-corrected chi connectivity index (χ2v) is 18.0. The maximum absolute atomic E-state index is 2.42. The Morgan fingerprint density at radius 2 is 0.869 bits per heavy atom. The van der Waals surface area contributed by atoms with E-state index in [4.69, 9.17) is 0 Å². The first kappa shape index (κ1) is 35.5. The van der Waals surface area contributed by atoms with Gasteiger partial charge in [-0.3, -0.25) is 0 Å². The monoisotopic (exact) mass is 842 g/mol. The van der Waals surface area contributed by atoms with E-state index in [9.17, 15) is 0 Å². The summed E-state index contributed by atoms with van der Waals surface area (Å²) < 4.78 is 5.31. The SMILES string of the molecule is c1ccc(-n2c3ccccc3c3cc(-c4ccc(N(c5ccc(-c6ccc7[se]c8ccccc8c7c6)cc5)c5ccccc5-c5cccc6ccccc56)cc4)ccc32)cc1. The number of aromatic nitrogens is 1. The van der Waals surface area contributed by atoms with Crippen molar-refractivity contribution in [2.45, 2.75) is 0 Å². The Balaban J connectivity index is 0.974. The van der Waals surface area contributed by atoms with Crippen LogP contribution >= 0.6 is 0 Å². The predicted octanol–water partition coefficient (Wildman–Crippen LogP) is 15.8. The van der Waals surface area contributed by atoms with Gasteiger partial charge in [-0.15, -0.1) is 0 Å². The molecule has 0 saturated heterocycles. The fraction of sp³-hybridized carbons (Fsp3) is 0. The molecule has 0 aliphatic heterocycles. The van der Waals surface area contributed by atoms with Gasteiger partial charge in [0.1, 0.15) is 0 Å². The second kappa shape index (κ2) is 14.7. The molecule has 12 rings (SSSR count). The van der Waals surface area contributed by atoms with Gasteiger partial charge in [-0.1, -0.05) is 91.0 Å². The van der Waals surface area contributed by atoms with Crippen molar-refractivity contribution >= 4 is 83.4 Å². The van der Waals surface area contributed by atoms with Gasteiger partial charge >= 0.3 is 187 Å². The normalized spacial score (nSPS) is 11.6. The average Bonchev–Trinajstić information content (AvgIpc) is 3.87. The van der Waals surface area contributed by atoms with Crippen molar-refractivity contribution in [2.75, 3.05) is 4.90 Å². The molecule has 0 aliphatic carbocycles. The molecule has 3 heteroatoms. The van der Waals surface area contributed by atoms with E-state index < -0.39 is 0 Å². The minimum atomic E-state index is 0.359. The number of rotatable bonds is 7. The summed E-state index contributed by atoms with van der Waals surface area (Å²) in [4.78, 5) is 2.42. The van der Waals surface area contributed by atoms with Crippen molar-refractivity contribution in [3.63, 3.8) is 0 Å². The molecule has 0 N–H and O–H groups in total. The number of nitrogens with zero attached hydrogens (tertiary/aromatic N) is 2. The fourth-order valence-corrected chi connectivity index (χ4v) is 11.6. The van der Waals surface area contributed by atoms with Crippen LogP contribution in [0.5, 0.6) is 0 Å². The van der Waals surface area contributed by atoms with Gasteiger partial charge in [-0.05, 0) is 52.2 Å². The summed E-state index contributed by atoms with van der Waals surface area (Å²) in [7, 11) is 0. The molecule has 0 saturated carbocycles. The fourth-order valence-electron chi connectivity index (χ4n) is 9.30. The Morgan fingerprint density at radius 3 is 1.66 bits per heavy atom. The molecule has 2 nitrogen and oxygen atoms in total. The van der Waals surface area contributed by atoms with Gasteiger partial charge < -0.3 is 4.57 Å². The second-order valence-electron chi connectivity index (χ2n) is 15.7. The molecular formula is C58H38N2Se. The zero-order valence-electron chi connectivity index (χ0n) is 33.2. The molecule has 61 heavy (non-hydrogen) atoms. The molecule has 0 spiro atoms. The summed E-state index contributed by atoms with van der Waals surface area (Å²) in [5.74, 6) is 0. The standard InChI is InChI=1S/C58H38N2Se/c1-2-15-44(16-3-1)60-55-23-10-7-19-50(55)52-37-42(29-35-56(52)60)39-25-31-45(32-26-39)59(54-22-9-6-18-49(54)48-21-12-14-41-13-4-5-17-47(41)48)46-33-27-40(28-34-46)43-30-36-58-53(38-43)51-20-8-11-24-57(51)61-58/h1-38H. The van der Waals surface area contributed by atoms with Crippen LogP contribution in [0.1, 0.15) is 0 Å². The molecular weight excluding hydrogens is 804 g/mol. The van der Waals surface area contributed by atoms with Gasteiger partial charge in [0.15, 0.2) is 0 Å². The van der Waals surface area contributed by atoms with Crippen molar-refractivity contribution in [3.05, 3.63) is 231 Å². The molecule has 2 heterocycles. The molecule has 0 amide bonds. The molecule has 286 valence electrons. The Bertz CT molecular complexity index is 3570. The number of hydrogen-bond acceptors (Lipinski definition) is 1. The van der Waals surface area contributed by atoms with Gasteiger partial charge in [0, 0.05) is 16.5 Å². The summed E-state index contributed by atoms with van der Waals surface area (Å²) in [5, 5.41) is 7.74.